The predicted octanol–water partition coefficient (Wildman–Crippen LogP) is 0.711. The molecule has 152 valence electrons. The van der Waals surface area contributed by atoms with E-state index in [4.69, 9.17) is 10.5 Å². The monoisotopic (exact) mass is 389 g/mol. The highest BCUT2D eigenvalue weighted by Crippen LogP contribution is 2.30. The van der Waals surface area contributed by atoms with Gasteiger partial charge in [0, 0.05) is 19.1 Å². The first-order valence-electron chi connectivity index (χ1n) is 10.0. The van der Waals surface area contributed by atoms with Crippen LogP contribution < -0.4 is 22.1 Å². The summed E-state index contributed by atoms with van der Waals surface area (Å²) >= 11 is 0. The summed E-state index contributed by atoms with van der Waals surface area (Å²) in [6.07, 6.45) is 4.83. The smallest absolute Gasteiger partial charge is 0.334 e. The van der Waals surface area contributed by atoms with E-state index >= 15 is 0 Å². The van der Waals surface area contributed by atoms with Gasteiger partial charge in [-0.1, -0.05) is 13.3 Å². The van der Waals surface area contributed by atoms with Gasteiger partial charge in [0.15, 0.2) is 11.5 Å². The fraction of sp³-hybridized carbons (Fsp3) is 0.667. The number of hydrogen-bond acceptors (Lipinski definition) is 8. The van der Waals surface area contributed by atoms with Crippen LogP contribution in [0.3, 0.4) is 0 Å². The van der Waals surface area contributed by atoms with E-state index in [9.17, 15) is 9.59 Å². The van der Waals surface area contributed by atoms with Crippen molar-refractivity contribution in [3.05, 3.63) is 10.5 Å². The molecule has 0 spiro atoms. The molecule has 2 aliphatic heterocycles. The third kappa shape index (κ3) is 3.37. The maximum absolute atomic E-state index is 13.3. The molecule has 2 saturated heterocycles. The number of fused-ring (bicyclic) bond motifs is 1. The van der Waals surface area contributed by atoms with Crippen LogP contribution in [0.5, 0.6) is 0 Å². The third-order valence-corrected chi connectivity index (χ3v) is 5.58. The molecule has 28 heavy (non-hydrogen) atoms. The van der Waals surface area contributed by atoms with Gasteiger partial charge in [0.1, 0.15) is 5.52 Å². The molecule has 0 bridgehead atoms. The number of nitrogens with zero attached hydrogens (tertiary/aromatic N) is 3. The molecular formula is C18H27N7O3. The summed E-state index contributed by atoms with van der Waals surface area (Å²) in [5.41, 5.74) is 5.95. The SMILES string of the molecule is CCCCNc1nc(N)c2[nH]c(=O)n(C(=O)[C@H]3NCCC3C3CCCO3)c2n1. The molecule has 4 rings (SSSR count). The van der Waals surface area contributed by atoms with Crippen LogP contribution in [0.1, 0.15) is 43.8 Å². The number of aromatic nitrogens is 4. The van der Waals surface area contributed by atoms with Gasteiger partial charge in [0.25, 0.3) is 5.91 Å². The number of nitrogens with two attached hydrogens (primary N) is 1. The van der Waals surface area contributed by atoms with Crippen LogP contribution in [0.15, 0.2) is 4.79 Å². The Morgan fingerprint density at radius 2 is 2.25 bits per heavy atom. The largest absolute Gasteiger partial charge is 0.382 e. The lowest BCUT2D eigenvalue weighted by Gasteiger charge is -2.23. The molecule has 0 amide bonds. The van der Waals surface area contributed by atoms with Crippen LogP contribution in [0.2, 0.25) is 0 Å². The zero-order valence-corrected chi connectivity index (χ0v) is 16.0. The Labute approximate surface area is 162 Å². The molecule has 2 aromatic rings. The maximum atomic E-state index is 13.3. The number of nitrogen functional groups attached to an aromatic ring is 1. The number of hydrogen-bond donors (Lipinski definition) is 4. The molecular weight excluding hydrogens is 362 g/mol. The van der Waals surface area contributed by atoms with Crippen LogP contribution in [0, 0.1) is 5.92 Å². The van der Waals surface area contributed by atoms with Gasteiger partial charge in [-0.25, -0.2) is 9.36 Å². The summed E-state index contributed by atoms with van der Waals surface area (Å²) in [4.78, 5) is 37.1. The van der Waals surface area contributed by atoms with Gasteiger partial charge in [-0.3, -0.25) is 4.79 Å². The molecule has 4 heterocycles. The van der Waals surface area contributed by atoms with Crippen molar-refractivity contribution in [1.29, 1.82) is 0 Å². The number of carbonyl (C=O) groups excluding carboxylic acids is 1. The lowest BCUT2D eigenvalue weighted by Crippen LogP contribution is -2.45. The fourth-order valence-electron chi connectivity index (χ4n) is 4.14. The number of ether oxygens (including phenoxy) is 1. The zero-order valence-electron chi connectivity index (χ0n) is 16.0. The molecule has 2 unspecified atom stereocenters. The van der Waals surface area contributed by atoms with Crippen molar-refractivity contribution < 1.29 is 9.53 Å². The Balaban J connectivity index is 1.67. The molecule has 2 aromatic heterocycles. The van der Waals surface area contributed by atoms with Crippen LogP contribution in [-0.4, -0.2) is 57.3 Å². The van der Waals surface area contributed by atoms with Gasteiger partial charge < -0.3 is 26.1 Å². The highest BCUT2D eigenvalue weighted by Gasteiger charge is 2.41. The Morgan fingerprint density at radius 3 is 3.00 bits per heavy atom. The predicted molar refractivity (Wildman–Crippen MR) is 105 cm³/mol. The van der Waals surface area contributed by atoms with Crippen LogP contribution in [0.25, 0.3) is 11.2 Å². The average molecular weight is 389 g/mol. The lowest BCUT2D eigenvalue weighted by molar-refractivity contribution is 0.0496. The van der Waals surface area contributed by atoms with E-state index in [-0.39, 0.29) is 34.9 Å². The summed E-state index contributed by atoms with van der Waals surface area (Å²) in [6, 6.07) is -0.479. The van der Waals surface area contributed by atoms with E-state index in [2.05, 4.69) is 32.5 Å². The Morgan fingerprint density at radius 1 is 1.39 bits per heavy atom. The van der Waals surface area contributed by atoms with Crippen molar-refractivity contribution >= 4 is 28.8 Å². The number of H-pyrrole nitrogens is 1. The maximum Gasteiger partial charge on any atom is 0.334 e. The Kier molecular flexibility index (Phi) is 5.31. The highest BCUT2D eigenvalue weighted by molar-refractivity contribution is 5.95. The quantitative estimate of drug-likeness (QED) is 0.530. The fourth-order valence-corrected chi connectivity index (χ4v) is 4.14. The number of aromatic amines is 1. The van der Waals surface area contributed by atoms with E-state index < -0.39 is 11.7 Å². The Hall–Kier alpha value is -2.46. The van der Waals surface area contributed by atoms with Crippen LogP contribution in [-0.2, 0) is 4.74 Å². The van der Waals surface area contributed by atoms with Crippen molar-refractivity contribution in [2.24, 2.45) is 5.92 Å². The Bertz CT molecular complexity index is 916. The van der Waals surface area contributed by atoms with E-state index in [0.29, 0.717) is 12.5 Å². The molecule has 2 aliphatic rings. The molecule has 0 saturated carbocycles. The van der Waals surface area contributed by atoms with E-state index in [1.54, 1.807) is 0 Å². The zero-order chi connectivity index (χ0) is 19.7. The highest BCUT2D eigenvalue weighted by atomic mass is 16.5. The summed E-state index contributed by atoms with van der Waals surface area (Å²) in [6.45, 7) is 4.22. The number of nitrogens with one attached hydrogen (secondary N) is 3. The van der Waals surface area contributed by atoms with Gasteiger partial charge in [-0.05, 0) is 32.2 Å². The van der Waals surface area contributed by atoms with Crippen molar-refractivity contribution in [3.8, 4) is 0 Å². The van der Waals surface area contributed by atoms with E-state index in [0.717, 1.165) is 49.8 Å². The number of carbonyl (C=O) groups is 1. The first-order chi connectivity index (χ1) is 13.6. The summed E-state index contributed by atoms with van der Waals surface area (Å²) in [7, 11) is 0. The van der Waals surface area contributed by atoms with Crippen molar-refractivity contribution in [3.63, 3.8) is 0 Å². The molecule has 0 aromatic carbocycles. The van der Waals surface area contributed by atoms with E-state index in [1.165, 1.54) is 0 Å². The molecule has 0 aliphatic carbocycles. The van der Waals surface area contributed by atoms with Gasteiger partial charge in [-0.15, -0.1) is 0 Å². The first-order valence-corrected chi connectivity index (χ1v) is 10.0. The standard InChI is InChI=1S/C18H27N7O3/c1-2-3-7-21-17-23-14(19)13-15(24-17)25(18(27)22-13)16(26)12-10(6-8-20-12)11-5-4-9-28-11/h10-12,20H,2-9H2,1H3,(H,22,27)(H3,19,21,23,24)/t10?,11?,12-/m0/s1. The minimum Gasteiger partial charge on any atom is -0.382 e. The summed E-state index contributed by atoms with van der Waals surface area (Å²) < 4.78 is 6.89. The lowest BCUT2D eigenvalue weighted by atomic mass is 9.92. The summed E-state index contributed by atoms with van der Waals surface area (Å²) in [5.74, 6) is 0.178. The second kappa shape index (κ2) is 7.88. The van der Waals surface area contributed by atoms with Gasteiger partial charge in [0.2, 0.25) is 5.95 Å². The van der Waals surface area contributed by atoms with Crippen molar-refractivity contribution in [2.45, 2.75) is 51.2 Å². The van der Waals surface area contributed by atoms with E-state index in [1.807, 2.05) is 0 Å². The molecule has 0 radical (unpaired) electrons. The molecule has 10 heteroatoms. The van der Waals surface area contributed by atoms with Crippen molar-refractivity contribution in [2.75, 3.05) is 30.7 Å². The minimum atomic E-state index is -0.550. The number of imidazole rings is 1. The van der Waals surface area contributed by atoms with Gasteiger partial charge >= 0.3 is 5.69 Å². The van der Waals surface area contributed by atoms with Crippen LogP contribution >= 0.6 is 0 Å². The van der Waals surface area contributed by atoms with Crippen LogP contribution in [0.4, 0.5) is 11.8 Å². The second-order valence-corrected chi connectivity index (χ2v) is 7.45. The second-order valence-electron chi connectivity index (χ2n) is 7.45. The van der Waals surface area contributed by atoms with Gasteiger partial charge in [-0.2, -0.15) is 9.97 Å². The molecule has 10 nitrogen and oxygen atoms in total. The van der Waals surface area contributed by atoms with Crippen molar-refractivity contribution in [1.82, 2.24) is 24.8 Å². The number of anilines is 2. The number of rotatable bonds is 6. The molecule has 2 fully saturated rings. The first kappa shape index (κ1) is 18.9. The minimum absolute atomic E-state index is 0.0492. The average Bonchev–Trinajstić information content (AvgIpc) is 3.40. The topological polar surface area (TPSA) is 140 Å². The third-order valence-electron chi connectivity index (χ3n) is 5.58. The molecule has 5 N–H and O–H groups in total. The normalized spacial score (nSPS) is 24.8. The summed E-state index contributed by atoms with van der Waals surface area (Å²) in [5, 5.41) is 6.34. The molecule has 3 atom stereocenters. The number of unbranched alkanes of at least 4 members (excludes halogenated alkanes) is 1. The van der Waals surface area contributed by atoms with Gasteiger partial charge in [0.05, 0.1) is 12.1 Å².